The summed E-state index contributed by atoms with van der Waals surface area (Å²) in [4.78, 5) is 29.3. The minimum Gasteiger partial charge on any atom is -0.488 e. The second-order valence-corrected chi connectivity index (χ2v) is 7.53. The summed E-state index contributed by atoms with van der Waals surface area (Å²) in [5.74, 6) is -0.498. The number of halogens is 3. The SMILES string of the molecule is CC(C)Oc1ccc(Nc2nc(=O)n(CCN)c(=O)n2Cc2ccc(Cl)cc2)cc1F.Cl. The van der Waals surface area contributed by atoms with Crippen LogP contribution in [0.1, 0.15) is 19.4 Å². The molecule has 0 bridgehead atoms. The van der Waals surface area contributed by atoms with E-state index in [0.29, 0.717) is 10.7 Å². The van der Waals surface area contributed by atoms with E-state index in [1.165, 1.54) is 16.7 Å². The number of anilines is 2. The Hall–Kier alpha value is -2.88. The second-order valence-electron chi connectivity index (χ2n) is 7.09. The summed E-state index contributed by atoms with van der Waals surface area (Å²) < 4.78 is 22.0. The fraction of sp³-hybridized carbons (Fsp3) is 0.286. The van der Waals surface area contributed by atoms with Gasteiger partial charge in [-0.3, -0.25) is 4.57 Å². The summed E-state index contributed by atoms with van der Waals surface area (Å²) in [6, 6.07) is 11.2. The summed E-state index contributed by atoms with van der Waals surface area (Å²) in [6.45, 7) is 3.84. The summed E-state index contributed by atoms with van der Waals surface area (Å²) in [7, 11) is 0. The maximum Gasteiger partial charge on any atom is 0.354 e. The van der Waals surface area contributed by atoms with Crippen molar-refractivity contribution in [3.05, 3.63) is 79.8 Å². The van der Waals surface area contributed by atoms with E-state index in [0.717, 1.165) is 10.1 Å². The van der Waals surface area contributed by atoms with Crippen molar-refractivity contribution in [1.29, 1.82) is 0 Å². The average molecular weight is 484 g/mol. The van der Waals surface area contributed by atoms with Crippen LogP contribution in [0, 0.1) is 5.82 Å². The van der Waals surface area contributed by atoms with Crippen LogP contribution in [0.3, 0.4) is 0 Å². The highest BCUT2D eigenvalue weighted by Crippen LogP contribution is 2.24. The third-order valence-corrected chi connectivity index (χ3v) is 4.56. The Labute approximate surface area is 195 Å². The van der Waals surface area contributed by atoms with E-state index >= 15 is 0 Å². The molecule has 3 aromatic rings. The Kier molecular flexibility index (Phi) is 8.82. The first-order chi connectivity index (χ1) is 14.8. The molecule has 0 unspecified atom stereocenters. The van der Waals surface area contributed by atoms with E-state index in [-0.39, 0.29) is 49.8 Å². The van der Waals surface area contributed by atoms with E-state index in [4.69, 9.17) is 22.1 Å². The number of aromatic nitrogens is 3. The number of nitrogens with two attached hydrogens (primary N) is 1. The molecule has 0 saturated heterocycles. The van der Waals surface area contributed by atoms with Crippen molar-refractivity contribution in [2.45, 2.75) is 33.0 Å². The zero-order valence-corrected chi connectivity index (χ0v) is 19.1. The summed E-state index contributed by atoms with van der Waals surface area (Å²) in [5, 5.41) is 3.42. The van der Waals surface area contributed by atoms with Crippen LogP contribution < -0.4 is 27.2 Å². The van der Waals surface area contributed by atoms with Gasteiger partial charge in [-0.05, 0) is 43.7 Å². The molecule has 0 atom stereocenters. The highest BCUT2D eigenvalue weighted by Gasteiger charge is 2.15. The lowest BCUT2D eigenvalue weighted by atomic mass is 10.2. The predicted molar refractivity (Wildman–Crippen MR) is 125 cm³/mol. The predicted octanol–water partition coefficient (Wildman–Crippen LogP) is 3.16. The molecule has 0 aliphatic rings. The van der Waals surface area contributed by atoms with Crippen molar-refractivity contribution in [2.24, 2.45) is 5.73 Å². The Morgan fingerprint density at radius 2 is 1.84 bits per heavy atom. The first kappa shape index (κ1) is 25.4. The van der Waals surface area contributed by atoms with Gasteiger partial charge >= 0.3 is 11.4 Å². The summed E-state index contributed by atoms with van der Waals surface area (Å²) in [6.07, 6.45) is -0.185. The molecule has 1 heterocycles. The fourth-order valence-electron chi connectivity index (χ4n) is 2.92. The van der Waals surface area contributed by atoms with Crippen molar-refractivity contribution in [2.75, 3.05) is 11.9 Å². The highest BCUT2D eigenvalue weighted by molar-refractivity contribution is 6.30. The highest BCUT2D eigenvalue weighted by atomic mass is 35.5. The Morgan fingerprint density at radius 3 is 2.44 bits per heavy atom. The van der Waals surface area contributed by atoms with Crippen LogP contribution in [0.2, 0.25) is 5.02 Å². The molecule has 0 radical (unpaired) electrons. The van der Waals surface area contributed by atoms with E-state index in [1.807, 2.05) is 0 Å². The van der Waals surface area contributed by atoms with Crippen LogP contribution in [0.15, 0.2) is 52.1 Å². The smallest absolute Gasteiger partial charge is 0.354 e. The number of benzene rings is 2. The van der Waals surface area contributed by atoms with Crippen LogP contribution in [0.5, 0.6) is 5.75 Å². The second kappa shape index (κ2) is 11.1. The van der Waals surface area contributed by atoms with Gasteiger partial charge in [0.25, 0.3) is 0 Å². The Bertz CT molecular complexity index is 1180. The van der Waals surface area contributed by atoms with Gasteiger partial charge in [-0.1, -0.05) is 23.7 Å². The normalized spacial score (nSPS) is 10.7. The maximum atomic E-state index is 14.4. The minimum atomic E-state index is -0.745. The van der Waals surface area contributed by atoms with Gasteiger partial charge < -0.3 is 15.8 Å². The molecule has 0 saturated carbocycles. The molecule has 0 amide bonds. The number of nitrogens with zero attached hydrogens (tertiary/aromatic N) is 3. The lowest BCUT2D eigenvalue weighted by molar-refractivity contribution is 0.231. The van der Waals surface area contributed by atoms with Gasteiger partial charge in [0.15, 0.2) is 11.6 Å². The number of hydrogen-bond donors (Lipinski definition) is 2. The number of rotatable bonds is 8. The molecular weight excluding hydrogens is 460 g/mol. The molecule has 172 valence electrons. The fourth-order valence-corrected chi connectivity index (χ4v) is 3.04. The first-order valence-corrected chi connectivity index (χ1v) is 10.1. The van der Waals surface area contributed by atoms with Gasteiger partial charge in [-0.15, -0.1) is 12.4 Å². The van der Waals surface area contributed by atoms with Crippen molar-refractivity contribution < 1.29 is 9.13 Å². The standard InChI is InChI=1S/C21H23ClFN5O3.ClH/c1-13(2)31-18-8-7-16(11-17(18)23)25-19-26-20(29)27(10-9-24)21(30)28(19)12-14-3-5-15(22)6-4-14;/h3-8,11,13H,9-10,12,24H2,1-2H3,(H,25,26,29);1H. The van der Waals surface area contributed by atoms with Crippen molar-refractivity contribution in [3.8, 4) is 5.75 Å². The van der Waals surface area contributed by atoms with Gasteiger partial charge in [0.2, 0.25) is 5.95 Å². The van der Waals surface area contributed by atoms with Crippen LogP contribution in [0.25, 0.3) is 0 Å². The molecule has 0 aliphatic heterocycles. The van der Waals surface area contributed by atoms with Crippen LogP contribution in [-0.4, -0.2) is 26.8 Å². The zero-order chi connectivity index (χ0) is 22.5. The Morgan fingerprint density at radius 1 is 1.16 bits per heavy atom. The summed E-state index contributed by atoms with van der Waals surface area (Å²) >= 11 is 5.93. The van der Waals surface area contributed by atoms with Crippen molar-refractivity contribution in [1.82, 2.24) is 14.1 Å². The zero-order valence-electron chi connectivity index (χ0n) is 17.5. The maximum absolute atomic E-state index is 14.4. The van der Waals surface area contributed by atoms with Crippen molar-refractivity contribution in [3.63, 3.8) is 0 Å². The van der Waals surface area contributed by atoms with Gasteiger partial charge in [0.1, 0.15) is 0 Å². The van der Waals surface area contributed by atoms with E-state index in [2.05, 4.69) is 10.3 Å². The molecule has 11 heteroatoms. The number of ether oxygens (including phenoxy) is 1. The monoisotopic (exact) mass is 483 g/mol. The molecule has 3 N–H and O–H groups in total. The topological polar surface area (TPSA) is 104 Å². The van der Waals surface area contributed by atoms with Crippen LogP contribution in [-0.2, 0) is 13.1 Å². The lowest BCUT2D eigenvalue weighted by Crippen LogP contribution is -2.43. The molecule has 3 rings (SSSR count). The van der Waals surface area contributed by atoms with Gasteiger partial charge in [0.05, 0.1) is 12.6 Å². The molecule has 0 spiro atoms. The molecule has 1 aromatic heterocycles. The van der Waals surface area contributed by atoms with Crippen LogP contribution >= 0.6 is 24.0 Å². The molecule has 32 heavy (non-hydrogen) atoms. The third-order valence-electron chi connectivity index (χ3n) is 4.31. The van der Waals surface area contributed by atoms with Crippen molar-refractivity contribution >= 4 is 35.6 Å². The van der Waals surface area contributed by atoms with E-state index in [9.17, 15) is 14.0 Å². The lowest BCUT2D eigenvalue weighted by Gasteiger charge is -2.16. The Balaban J connectivity index is 0.00000363. The largest absolute Gasteiger partial charge is 0.488 e. The van der Waals surface area contributed by atoms with E-state index < -0.39 is 17.2 Å². The molecule has 8 nitrogen and oxygen atoms in total. The molecule has 0 aliphatic carbocycles. The number of hydrogen-bond acceptors (Lipinski definition) is 6. The van der Waals surface area contributed by atoms with Gasteiger partial charge in [-0.25, -0.2) is 18.5 Å². The van der Waals surface area contributed by atoms with Gasteiger partial charge in [0, 0.05) is 29.9 Å². The van der Waals surface area contributed by atoms with E-state index in [1.54, 1.807) is 44.2 Å². The number of nitrogens with one attached hydrogen (secondary N) is 1. The quantitative estimate of drug-likeness (QED) is 0.509. The molecule has 0 fully saturated rings. The minimum absolute atomic E-state index is 0. The summed E-state index contributed by atoms with van der Waals surface area (Å²) in [5.41, 5.74) is 5.27. The van der Waals surface area contributed by atoms with Crippen LogP contribution in [0.4, 0.5) is 16.0 Å². The van der Waals surface area contributed by atoms with Gasteiger partial charge in [-0.2, -0.15) is 4.98 Å². The third kappa shape index (κ3) is 6.09. The average Bonchev–Trinajstić information content (AvgIpc) is 2.71. The molecular formula is C21H24Cl2FN5O3. The first-order valence-electron chi connectivity index (χ1n) is 9.68. The molecule has 2 aromatic carbocycles.